The third-order valence-electron chi connectivity index (χ3n) is 4.33. The van der Waals surface area contributed by atoms with Crippen molar-refractivity contribution < 1.29 is 4.39 Å². The Morgan fingerprint density at radius 2 is 1.71 bits per heavy atom. The van der Waals surface area contributed by atoms with Gasteiger partial charge in [0.1, 0.15) is 18.5 Å². The van der Waals surface area contributed by atoms with Gasteiger partial charge in [-0.05, 0) is 35.4 Å². The first-order valence-electron chi connectivity index (χ1n) is 8.67. The van der Waals surface area contributed by atoms with E-state index in [0.717, 1.165) is 23.4 Å². The van der Waals surface area contributed by atoms with Crippen LogP contribution in [0.15, 0.2) is 67.4 Å². The molecular weight excluding hydrogens is 379 g/mol. The number of aromatic amines is 1. The SMILES string of the molecule is Cl.Fc1ccc(-c2[nH]ncc2CNCc2ccc(Cn3cncn3)cc2)cc1. The minimum Gasteiger partial charge on any atom is -0.308 e. The molecule has 0 atom stereocenters. The van der Waals surface area contributed by atoms with Crippen LogP contribution in [0.3, 0.4) is 0 Å². The summed E-state index contributed by atoms with van der Waals surface area (Å²) in [5.41, 5.74) is 5.25. The molecule has 0 aliphatic heterocycles. The van der Waals surface area contributed by atoms with Gasteiger partial charge in [-0.1, -0.05) is 24.3 Å². The van der Waals surface area contributed by atoms with E-state index >= 15 is 0 Å². The predicted octanol–water partition coefficient (Wildman–Crippen LogP) is 3.57. The molecule has 28 heavy (non-hydrogen) atoms. The fraction of sp³-hybridized carbons (Fsp3) is 0.150. The first kappa shape index (κ1) is 19.7. The van der Waals surface area contributed by atoms with Crippen molar-refractivity contribution in [2.45, 2.75) is 19.6 Å². The van der Waals surface area contributed by atoms with Gasteiger partial charge >= 0.3 is 0 Å². The highest BCUT2D eigenvalue weighted by molar-refractivity contribution is 5.85. The van der Waals surface area contributed by atoms with Crippen LogP contribution in [0.5, 0.6) is 0 Å². The lowest BCUT2D eigenvalue weighted by molar-refractivity contribution is 0.628. The van der Waals surface area contributed by atoms with Gasteiger partial charge in [-0.25, -0.2) is 14.1 Å². The lowest BCUT2D eigenvalue weighted by Crippen LogP contribution is -2.13. The largest absolute Gasteiger partial charge is 0.308 e. The molecule has 0 radical (unpaired) electrons. The highest BCUT2D eigenvalue weighted by Gasteiger charge is 2.07. The van der Waals surface area contributed by atoms with Crippen molar-refractivity contribution in [1.82, 2.24) is 30.3 Å². The molecule has 0 aliphatic carbocycles. The van der Waals surface area contributed by atoms with E-state index in [4.69, 9.17) is 0 Å². The summed E-state index contributed by atoms with van der Waals surface area (Å²) in [6, 6.07) is 14.8. The van der Waals surface area contributed by atoms with Gasteiger partial charge in [0.15, 0.2) is 0 Å². The van der Waals surface area contributed by atoms with Gasteiger partial charge in [-0.3, -0.25) is 5.10 Å². The molecule has 0 saturated heterocycles. The minimum atomic E-state index is -0.245. The van der Waals surface area contributed by atoms with Crippen LogP contribution in [0.1, 0.15) is 16.7 Å². The maximum absolute atomic E-state index is 13.1. The van der Waals surface area contributed by atoms with E-state index in [0.29, 0.717) is 13.1 Å². The van der Waals surface area contributed by atoms with Crippen molar-refractivity contribution in [2.75, 3.05) is 0 Å². The first-order valence-corrected chi connectivity index (χ1v) is 8.67. The quantitative estimate of drug-likeness (QED) is 0.499. The number of hydrogen-bond donors (Lipinski definition) is 2. The lowest BCUT2D eigenvalue weighted by atomic mass is 10.1. The Morgan fingerprint density at radius 3 is 2.43 bits per heavy atom. The number of halogens is 2. The molecule has 0 saturated carbocycles. The molecular formula is C20H20ClFN6. The number of benzene rings is 2. The standard InChI is InChI=1S/C20H19FN6.ClH/c21-19-7-5-17(6-8-19)20-18(11-24-26-20)10-22-9-15-1-3-16(4-2-15)12-27-14-23-13-25-27;/h1-8,11,13-14,22H,9-10,12H2,(H,24,26);1H. The van der Waals surface area contributed by atoms with Gasteiger partial charge in [0.05, 0.1) is 18.4 Å². The van der Waals surface area contributed by atoms with Crippen LogP contribution in [0.25, 0.3) is 11.3 Å². The zero-order valence-corrected chi connectivity index (χ0v) is 15.9. The van der Waals surface area contributed by atoms with Gasteiger partial charge in [0.2, 0.25) is 0 Å². The molecule has 4 rings (SSSR count). The Hall–Kier alpha value is -3.03. The Labute approximate surface area is 168 Å². The van der Waals surface area contributed by atoms with Gasteiger partial charge in [-0.2, -0.15) is 10.2 Å². The van der Waals surface area contributed by atoms with E-state index in [2.05, 4.69) is 49.9 Å². The topological polar surface area (TPSA) is 71.4 Å². The second-order valence-corrected chi connectivity index (χ2v) is 6.29. The summed E-state index contributed by atoms with van der Waals surface area (Å²) in [4.78, 5) is 3.95. The normalized spacial score (nSPS) is 10.6. The van der Waals surface area contributed by atoms with E-state index in [9.17, 15) is 4.39 Å². The average Bonchev–Trinajstić information content (AvgIpc) is 3.36. The van der Waals surface area contributed by atoms with Gasteiger partial charge in [0, 0.05) is 24.2 Å². The van der Waals surface area contributed by atoms with E-state index in [1.807, 2.05) is 0 Å². The number of aromatic nitrogens is 5. The fourth-order valence-corrected chi connectivity index (χ4v) is 2.92. The molecule has 2 aromatic heterocycles. The third-order valence-corrected chi connectivity index (χ3v) is 4.33. The van der Waals surface area contributed by atoms with Gasteiger partial charge in [-0.15, -0.1) is 12.4 Å². The summed E-state index contributed by atoms with van der Waals surface area (Å²) in [5.74, 6) is -0.245. The molecule has 8 heteroatoms. The molecule has 144 valence electrons. The summed E-state index contributed by atoms with van der Waals surface area (Å²) >= 11 is 0. The van der Waals surface area contributed by atoms with Gasteiger partial charge < -0.3 is 5.32 Å². The fourth-order valence-electron chi connectivity index (χ4n) is 2.92. The summed E-state index contributed by atoms with van der Waals surface area (Å²) < 4.78 is 14.9. The number of nitrogens with zero attached hydrogens (tertiary/aromatic N) is 4. The molecule has 0 fully saturated rings. The third kappa shape index (κ3) is 4.82. The Bertz CT molecular complexity index is 980. The van der Waals surface area contributed by atoms with Crippen molar-refractivity contribution in [1.29, 1.82) is 0 Å². The average molecular weight is 399 g/mol. The van der Waals surface area contributed by atoms with E-state index in [1.165, 1.54) is 29.6 Å². The zero-order chi connectivity index (χ0) is 18.5. The zero-order valence-electron chi connectivity index (χ0n) is 15.0. The molecule has 4 aromatic rings. The van der Waals surface area contributed by atoms with Crippen LogP contribution < -0.4 is 5.32 Å². The van der Waals surface area contributed by atoms with Crippen LogP contribution >= 0.6 is 12.4 Å². The second kappa shape index (κ2) is 9.25. The molecule has 2 heterocycles. The Morgan fingerprint density at radius 1 is 0.964 bits per heavy atom. The van der Waals surface area contributed by atoms with Crippen LogP contribution in [-0.4, -0.2) is 25.0 Å². The van der Waals surface area contributed by atoms with E-state index in [1.54, 1.807) is 29.3 Å². The monoisotopic (exact) mass is 398 g/mol. The maximum atomic E-state index is 13.1. The van der Waals surface area contributed by atoms with Crippen molar-refractivity contribution in [3.05, 3.63) is 89.9 Å². The van der Waals surface area contributed by atoms with E-state index in [-0.39, 0.29) is 18.2 Å². The van der Waals surface area contributed by atoms with Crippen LogP contribution in [-0.2, 0) is 19.6 Å². The number of H-pyrrole nitrogens is 1. The first-order chi connectivity index (χ1) is 13.3. The van der Waals surface area contributed by atoms with Crippen molar-refractivity contribution >= 4 is 12.4 Å². The molecule has 0 amide bonds. The molecule has 0 aliphatic rings. The van der Waals surface area contributed by atoms with Crippen molar-refractivity contribution in [3.8, 4) is 11.3 Å². The van der Waals surface area contributed by atoms with Crippen LogP contribution in [0.2, 0.25) is 0 Å². The predicted molar refractivity (Wildman–Crippen MR) is 107 cm³/mol. The highest BCUT2D eigenvalue weighted by atomic mass is 35.5. The highest BCUT2D eigenvalue weighted by Crippen LogP contribution is 2.21. The second-order valence-electron chi connectivity index (χ2n) is 6.29. The van der Waals surface area contributed by atoms with Crippen molar-refractivity contribution in [3.63, 3.8) is 0 Å². The van der Waals surface area contributed by atoms with E-state index < -0.39 is 0 Å². The molecule has 0 spiro atoms. The summed E-state index contributed by atoms with van der Waals surface area (Å²) in [6.07, 6.45) is 5.04. The van der Waals surface area contributed by atoms with Crippen LogP contribution in [0.4, 0.5) is 4.39 Å². The van der Waals surface area contributed by atoms with Crippen LogP contribution in [0, 0.1) is 5.82 Å². The number of nitrogens with one attached hydrogen (secondary N) is 2. The van der Waals surface area contributed by atoms with Crippen molar-refractivity contribution in [2.24, 2.45) is 0 Å². The summed E-state index contributed by atoms with van der Waals surface area (Å²) in [5, 5.41) is 14.7. The Balaban J connectivity index is 0.00000225. The molecule has 2 N–H and O–H groups in total. The summed E-state index contributed by atoms with van der Waals surface area (Å²) in [7, 11) is 0. The molecule has 0 unspecified atom stereocenters. The molecule has 2 aromatic carbocycles. The molecule has 6 nitrogen and oxygen atoms in total. The molecule has 0 bridgehead atoms. The lowest BCUT2D eigenvalue weighted by Gasteiger charge is -2.07. The summed E-state index contributed by atoms with van der Waals surface area (Å²) in [6.45, 7) is 2.13. The van der Waals surface area contributed by atoms with Gasteiger partial charge in [0.25, 0.3) is 0 Å². The maximum Gasteiger partial charge on any atom is 0.137 e. The number of hydrogen-bond acceptors (Lipinski definition) is 4. The smallest absolute Gasteiger partial charge is 0.137 e. The number of rotatable bonds is 7. The minimum absolute atomic E-state index is 0. The Kier molecular flexibility index (Phi) is 6.52.